The maximum Gasteiger partial charge on any atom is 0.340 e. The molecule has 0 amide bonds. The van der Waals surface area contributed by atoms with Crippen molar-refractivity contribution in [1.29, 1.82) is 0 Å². The first kappa shape index (κ1) is 56.9. The Kier molecular flexibility index (Phi) is 18.3. The highest BCUT2D eigenvalue weighted by Gasteiger charge is 2.70. The summed E-state index contributed by atoms with van der Waals surface area (Å²) >= 11 is 17.2. The molecule has 11 nitrogen and oxygen atoms in total. The molecule has 404 valence electrons. The first-order valence-electron chi connectivity index (χ1n) is 27.9. The Morgan fingerprint density at radius 3 is 0.944 bits per heavy atom. The van der Waals surface area contributed by atoms with Crippen LogP contribution in [-0.2, 0) is 52.4 Å². The molecule has 71 heavy (non-hydrogen) atoms. The number of carbonyl (C=O) groups excluding carboxylic acids is 5. The molecule has 0 N–H and O–H groups in total. The molecule has 0 aromatic carbocycles. The second kappa shape index (κ2) is 22.8. The first-order chi connectivity index (χ1) is 33.6. The van der Waals surface area contributed by atoms with Gasteiger partial charge in [0.05, 0.1) is 57.5 Å². The average molecular weight is 1060 g/mol. The van der Waals surface area contributed by atoms with Crippen molar-refractivity contribution >= 4 is 64.6 Å². The first-order valence-corrected chi connectivity index (χ1v) is 29.0. The molecular formula is C57H89Cl3O11. The third-order valence-electron chi connectivity index (χ3n) is 21.2. The number of fused-ring (bicyclic) bond motifs is 15. The van der Waals surface area contributed by atoms with Gasteiger partial charge >= 0.3 is 33.8 Å². The third kappa shape index (κ3) is 10.4. The Morgan fingerprint density at radius 1 is 0.394 bits per heavy atom. The molecule has 0 saturated heterocycles. The summed E-state index contributed by atoms with van der Waals surface area (Å²) in [4.78, 5) is 63.1. The largest absolute Gasteiger partial charge is 0.469 e. The minimum atomic E-state index is -2.12. The van der Waals surface area contributed by atoms with E-state index in [9.17, 15) is 24.0 Å². The van der Waals surface area contributed by atoms with Gasteiger partial charge in [0.25, 0.3) is 0 Å². The van der Waals surface area contributed by atoms with Gasteiger partial charge in [-0.05, 0) is 207 Å². The fourth-order valence-corrected chi connectivity index (χ4v) is 19.6. The minimum absolute atomic E-state index is 0.0119. The van der Waals surface area contributed by atoms with Crippen LogP contribution in [0.4, 0.5) is 0 Å². The monoisotopic (exact) mass is 1050 g/mol. The summed E-state index contributed by atoms with van der Waals surface area (Å²) in [6.07, 6.45) is 14.0. The van der Waals surface area contributed by atoms with E-state index >= 15 is 0 Å². The topological polar surface area (TPSA) is 141 Å². The molecule has 14 heteroatoms. The van der Waals surface area contributed by atoms with E-state index in [-0.39, 0.29) is 53.5 Å². The zero-order valence-electron chi connectivity index (χ0n) is 45.2. The van der Waals surface area contributed by atoms with Crippen molar-refractivity contribution in [3.63, 3.8) is 0 Å². The molecule has 0 spiro atoms. The van der Waals surface area contributed by atoms with Gasteiger partial charge in [-0.3, -0.25) is 24.0 Å². The number of hydrogen-bond donors (Lipinski definition) is 0. The van der Waals surface area contributed by atoms with Gasteiger partial charge in [-0.1, -0.05) is 80.1 Å². The van der Waals surface area contributed by atoms with Crippen molar-refractivity contribution in [2.24, 2.45) is 142 Å². The van der Waals surface area contributed by atoms with E-state index in [1.54, 1.807) is 7.11 Å². The Hall–Kier alpha value is -1.82. The van der Waals surface area contributed by atoms with Crippen molar-refractivity contribution in [2.75, 3.05) is 35.0 Å². The average Bonchev–Trinajstić information content (AvgIpc) is 4.20. The number of esters is 5. The summed E-state index contributed by atoms with van der Waals surface area (Å²) in [5.41, 5.74) is -0.617. The second-order valence-corrected chi connectivity index (χ2v) is 26.8. The number of halogens is 3. The zero-order chi connectivity index (χ0) is 52.2. The SMILES string of the molecule is CCC1CC(CC)C2C3CC(C(C(=O)OC(C)(C)C)C3C(=O)OC(Cl)(Cl)Cl)C12.CCC1CC(CC)C2C3CC(C(C(=O)OC)C3C(=O)OC)C12.CCC1CC(CC)C2C3CC(C(COC)C3C(=O)OC)C12. The maximum absolute atomic E-state index is 13.1. The van der Waals surface area contributed by atoms with Crippen LogP contribution in [0.3, 0.4) is 0 Å². The standard InChI is InChI=1S/C21H31Cl3O4.C18H28O4.C18H30O3/c1-6-10-8-11(7-2)15-13-9-12(14(10)15)16(18(25)27-20(3,4)5)17(13)19(26)28-21(22,23)24;1-5-9-7-10(6-2)14-12-8-11(13(9)14)15(17(19)21-3)16(12)18(20)22-4;1-5-10-7-11(6-2)16-13-8-12(15(10)16)14(9-20-3)17(13)18(19)21-4/h10-17H,6-9H2,1-5H3;9-16H,5-8H2,1-4H3;10-17H,5-9H2,1-4H3. The van der Waals surface area contributed by atoms with Crippen LogP contribution in [0.15, 0.2) is 0 Å². The van der Waals surface area contributed by atoms with E-state index in [0.717, 1.165) is 56.0 Å². The molecule has 0 aromatic rings. The van der Waals surface area contributed by atoms with Gasteiger partial charge < -0.3 is 28.4 Å². The molecule has 0 aromatic heterocycles. The van der Waals surface area contributed by atoms with Crippen LogP contribution in [0.5, 0.6) is 0 Å². The highest BCUT2D eigenvalue weighted by molar-refractivity contribution is 6.66. The molecule has 9 aliphatic rings. The van der Waals surface area contributed by atoms with Crippen LogP contribution < -0.4 is 0 Å². The Bertz CT molecular complexity index is 1810. The number of methoxy groups -OCH3 is 4. The molecule has 9 aliphatic carbocycles. The summed E-state index contributed by atoms with van der Waals surface area (Å²) < 4.78 is 29.4. The molecular weight excluding hydrogens is 967 g/mol. The summed E-state index contributed by atoms with van der Waals surface area (Å²) in [7, 11) is 6.16. The second-order valence-electron chi connectivity index (χ2n) is 24.6. The van der Waals surface area contributed by atoms with E-state index in [4.69, 9.17) is 63.2 Å². The molecule has 9 fully saturated rings. The van der Waals surface area contributed by atoms with E-state index < -0.39 is 27.4 Å². The summed E-state index contributed by atoms with van der Waals surface area (Å²) in [5.74, 6) is 7.55. The highest BCUT2D eigenvalue weighted by atomic mass is 35.6. The van der Waals surface area contributed by atoms with Crippen molar-refractivity contribution in [2.45, 2.75) is 149 Å². The molecule has 9 saturated carbocycles. The predicted molar refractivity (Wildman–Crippen MR) is 273 cm³/mol. The van der Waals surface area contributed by atoms with Gasteiger partial charge in [0.1, 0.15) is 5.60 Å². The fourth-order valence-electron chi connectivity index (χ4n) is 19.4. The van der Waals surface area contributed by atoms with Crippen molar-refractivity contribution < 1.29 is 52.4 Å². The van der Waals surface area contributed by atoms with Crippen LogP contribution in [0.1, 0.15) is 139 Å². The highest BCUT2D eigenvalue weighted by Crippen LogP contribution is 2.70. The number of hydrogen-bond acceptors (Lipinski definition) is 11. The smallest absolute Gasteiger partial charge is 0.340 e. The van der Waals surface area contributed by atoms with Gasteiger partial charge in [-0.2, -0.15) is 0 Å². The molecule has 9 rings (SSSR count). The van der Waals surface area contributed by atoms with Gasteiger partial charge in [0, 0.05) is 7.11 Å². The van der Waals surface area contributed by atoms with Crippen LogP contribution in [0, 0.1) is 142 Å². The van der Waals surface area contributed by atoms with E-state index in [1.807, 2.05) is 20.8 Å². The lowest BCUT2D eigenvalue weighted by molar-refractivity contribution is -0.174. The molecule has 0 radical (unpaired) electrons. The van der Waals surface area contributed by atoms with E-state index in [1.165, 1.54) is 72.7 Å². The van der Waals surface area contributed by atoms with Gasteiger partial charge in [-0.15, -0.1) is 0 Å². The van der Waals surface area contributed by atoms with Crippen LogP contribution in [0.25, 0.3) is 0 Å². The summed E-state index contributed by atoms with van der Waals surface area (Å²) in [6, 6.07) is 0. The Balaban J connectivity index is 0.000000159. The normalized spacial score (nSPS) is 43.9. The molecule has 24 unspecified atom stereocenters. The molecule has 24 atom stereocenters. The minimum Gasteiger partial charge on any atom is -0.469 e. The lowest BCUT2D eigenvalue weighted by Gasteiger charge is -2.40. The molecule has 0 aliphatic heterocycles. The Labute approximate surface area is 441 Å². The van der Waals surface area contributed by atoms with Crippen molar-refractivity contribution in [1.82, 2.24) is 0 Å². The van der Waals surface area contributed by atoms with E-state index in [0.29, 0.717) is 76.9 Å². The van der Waals surface area contributed by atoms with Gasteiger partial charge in [-0.25, -0.2) is 0 Å². The lowest BCUT2D eigenvalue weighted by atomic mass is 9.65. The third-order valence-corrected chi connectivity index (χ3v) is 21.4. The Morgan fingerprint density at radius 2 is 0.662 bits per heavy atom. The summed E-state index contributed by atoms with van der Waals surface area (Å²) in [6.45, 7) is 19.9. The van der Waals surface area contributed by atoms with Gasteiger partial charge in [0.2, 0.25) is 0 Å². The fraction of sp³-hybridized carbons (Fsp3) is 0.912. The zero-order valence-corrected chi connectivity index (χ0v) is 47.4. The van der Waals surface area contributed by atoms with Crippen LogP contribution >= 0.6 is 34.8 Å². The van der Waals surface area contributed by atoms with Crippen LogP contribution in [0.2, 0.25) is 0 Å². The number of ether oxygens (including phenoxy) is 6. The van der Waals surface area contributed by atoms with Crippen molar-refractivity contribution in [3.8, 4) is 0 Å². The number of rotatable bonds is 13. The van der Waals surface area contributed by atoms with Gasteiger partial charge in [0.15, 0.2) is 0 Å². The number of alkyl halides is 3. The predicted octanol–water partition coefficient (Wildman–Crippen LogP) is 12.0. The quantitative estimate of drug-likeness (QED) is 0.0989. The number of carbonyl (C=O) groups is 5. The lowest BCUT2D eigenvalue weighted by Crippen LogP contribution is -2.46. The van der Waals surface area contributed by atoms with Crippen LogP contribution in [-0.4, -0.2) is 74.5 Å². The van der Waals surface area contributed by atoms with Crippen molar-refractivity contribution in [3.05, 3.63) is 0 Å². The van der Waals surface area contributed by atoms with E-state index in [2.05, 4.69) is 41.5 Å². The molecule has 0 heterocycles. The summed E-state index contributed by atoms with van der Waals surface area (Å²) in [5, 5.41) is 0. The molecule has 6 bridgehead atoms. The maximum atomic E-state index is 13.1.